The molecule has 0 spiro atoms. The van der Waals surface area contributed by atoms with Crippen molar-refractivity contribution < 1.29 is 29.4 Å². The van der Waals surface area contributed by atoms with Crippen molar-refractivity contribution in [1.82, 2.24) is 5.06 Å². The van der Waals surface area contributed by atoms with Crippen molar-refractivity contribution in [2.45, 2.75) is 6.42 Å². The molecule has 2 aromatic carbocycles. The van der Waals surface area contributed by atoms with Crippen LogP contribution in [0.15, 0.2) is 42.5 Å². The van der Waals surface area contributed by atoms with Crippen LogP contribution in [0, 0.1) is 10.1 Å². The van der Waals surface area contributed by atoms with Crippen LogP contribution >= 0.6 is 0 Å². The third kappa shape index (κ3) is 4.51. The third-order valence-electron chi connectivity index (χ3n) is 4.05. The number of hydroxylamine groups is 2. The van der Waals surface area contributed by atoms with E-state index in [-0.39, 0.29) is 28.5 Å². The average molecular weight is 388 g/mol. The predicted octanol–water partition coefficient (Wildman–Crippen LogP) is 3.42. The highest BCUT2D eigenvalue weighted by Crippen LogP contribution is 2.42. The quantitative estimate of drug-likeness (QED) is 0.402. The number of nitro benzene ring substituents is 1. The minimum Gasteiger partial charge on any atom is -0.508 e. The van der Waals surface area contributed by atoms with Gasteiger partial charge in [-0.05, 0) is 24.6 Å². The van der Waals surface area contributed by atoms with Crippen LogP contribution in [0.1, 0.15) is 12.0 Å². The molecular formula is C19H20N2O7. The second-order valence-corrected chi connectivity index (χ2v) is 6.09. The maximum atomic E-state index is 10.8. The minimum atomic E-state index is -0.509. The number of ether oxygens (including phenoxy) is 2. The lowest BCUT2D eigenvalue weighted by atomic mass is 10.1. The topological polar surface area (TPSA) is 115 Å². The first-order chi connectivity index (χ1) is 13.5. The Bertz CT molecular complexity index is 881. The molecule has 0 saturated carbocycles. The molecule has 1 aliphatic heterocycles. The molecule has 0 aromatic heterocycles. The van der Waals surface area contributed by atoms with Crippen molar-refractivity contribution in [3.8, 4) is 23.0 Å². The second kappa shape index (κ2) is 8.59. The molecule has 0 saturated heterocycles. The van der Waals surface area contributed by atoms with E-state index in [9.17, 15) is 20.3 Å². The van der Waals surface area contributed by atoms with Crippen molar-refractivity contribution in [2.75, 3.05) is 26.8 Å². The van der Waals surface area contributed by atoms with E-state index >= 15 is 0 Å². The zero-order chi connectivity index (χ0) is 20.1. The first-order valence-electron chi connectivity index (χ1n) is 8.58. The number of nitrogens with zero attached hydrogens (tertiary/aromatic N) is 2. The summed E-state index contributed by atoms with van der Waals surface area (Å²) in [4.78, 5) is 16.0. The van der Waals surface area contributed by atoms with Crippen LogP contribution in [0.4, 0.5) is 5.69 Å². The Morgan fingerprint density at radius 1 is 1.25 bits per heavy atom. The standard InChI is InChI=1S/C19H20N2O7/c1-26-10-2-8-20-9-7-17(28-20)19-16(23)11-14(22)12-18(19)27-15-5-3-13(4-6-15)21(24)25/h3-7,11-12,22-23H,2,8-10H2,1H3. The van der Waals surface area contributed by atoms with Gasteiger partial charge in [0, 0.05) is 44.5 Å². The van der Waals surface area contributed by atoms with E-state index in [0.29, 0.717) is 31.2 Å². The Kier molecular flexibility index (Phi) is 5.97. The van der Waals surface area contributed by atoms with E-state index in [4.69, 9.17) is 14.3 Å². The number of hydrogen-bond donors (Lipinski definition) is 2. The molecule has 9 nitrogen and oxygen atoms in total. The molecule has 0 bridgehead atoms. The molecule has 2 aromatic rings. The molecule has 1 heterocycles. The van der Waals surface area contributed by atoms with Crippen LogP contribution in [-0.4, -0.2) is 47.0 Å². The van der Waals surface area contributed by atoms with Crippen LogP contribution in [0.25, 0.3) is 5.76 Å². The Labute approximate surface area is 161 Å². The Morgan fingerprint density at radius 3 is 2.68 bits per heavy atom. The van der Waals surface area contributed by atoms with Crippen LogP contribution < -0.4 is 4.74 Å². The fourth-order valence-corrected chi connectivity index (χ4v) is 2.75. The van der Waals surface area contributed by atoms with Gasteiger partial charge in [0.2, 0.25) is 0 Å². The number of phenols is 2. The summed E-state index contributed by atoms with van der Waals surface area (Å²) < 4.78 is 10.8. The van der Waals surface area contributed by atoms with Crippen molar-refractivity contribution >= 4 is 11.4 Å². The van der Waals surface area contributed by atoms with Crippen LogP contribution in [0.2, 0.25) is 0 Å². The Hall–Kier alpha value is -3.30. The molecule has 0 fully saturated rings. The summed E-state index contributed by atoms with van der Waals surface area (Å²) >= 11 is 0. The van der Waals surface area contributed by atoms with Crippen molar-refractivity contribution in [1.29, 1.82) is 0 Å². The number of benzene rings is 2. The molecule has 2 N–H and O–H groups in total. The zero-order valence-corrected chi connectivity index (χ0v) is 15.2. The van der Waals surface area contributed by atoms with Gasteiger partial charge in [-0.1, -0.05) is 0 Å². The van der Waals surface area contributed by atoms with Crippen molar-refractivity contribution in [2.24, 2.45) is 0 Å². The van der Waals surface area contributed by atoms with Crippen LogP contribution in [-0.2, 0) is 9.57 Å². The first-order valence-corrected chi connectivity index (χ1v) is 8.58. The first kappa shape index (κ1) is 19.5. The fraction of sp³-hybridized carbons (Fsp3) is 0.263. The van der Waals surface area contributed by atoms with Crippen molar-refractivity contribution in [3.63, 3.8) is 0 Å². The summed E-state index contributed by atoms with van der Waals surface area (Å²) in [7, 11) is 1.63. The second-order valence-electron chi connectivity index (χ2n) is 6.09. The van der Waals surface area contributed by atoms with Gasteiger partial charge in [-0.25, -0.2) is 0 Å². The minimum absolute atomic E-state index is 0.0696. The van der Waals surface area contributed by atoms with Crippen LogP contribution in [0.3, 0.4) is 0 Å². The average Bonchev–Trinajstić information content (AvgIpc) is 3.10. The molecule has 0 aliphatic carbocycles. The van der Waals surface area contributed by atoms with Gasteiger partial charge < -0.3 is 24.5 Å². The summed E-state index contributed by atoms with van der Waals surface area (Å²) in [6, 6.07) is 8.01. The number of nitro groups is 1. The number of non-ortho nitro benzene ring substituents is 1. The molecule has 3 rings (SSSR count). The molecule has 1 aliphatic rings. The maximum Gasteiger partial charge on any atom is 0.269 e. The van der Waals surface area contributed by atoms with Gasteiger partial charge in [0.25, 0.3) is 5.69 Å². The van der Waals surface area contributed by atoms with Gasteiger partial charge >= 0.3 is 0 Å². The molecule has 9 heteroatoms. The number of methoxy groups -OCH3 is 1. The van der Waals surface area contributed by atoms with E-state index in [2.05, 4.69) is 0 Å². The highest BCUT2D eigenvalue weighted by Gasteiger charge is 2.24. The predicted molar refractivity (Wildman–Crippen MR) is 100 cm³/mol. The van der Waals surface area contributed by atoms with E-state index in [1.807, 2.05) is 0 Å². The summed E-state index contributed by atoms with van der Waals surface area (Å²) in [6.07, 6.45) is 2.58. The molecule has 0 atom stereocenters. The lowest BCUT2D eigenvalue weighted by Crippen LogP contribution is -2.21. The molecule has 28 heavy (non-hydrogen) atoms. The fourth-order valence-electron chi connectivity index (χ4n) is 2.75. The SMILES string of the molecule is COCCCN1CC=C(c2c(O)cc(O)cc2Oc2ccc([N+](=O)[O-])cc2)O1. The smallest absolute Gasteiger partial charge is 0.269 e. The van der Waals surface area contributed by atoms with Crippen LogP contribution in [0.5, 0.6) is 23.0 Å². The molecule has 0 unspecified atom stereocenters. The zero-order valence-electron chi connectivity index (χ0n) is 15.2. The lowest BCUT2D eigenvalue weighted by molar-refractivity contribution is -0.384. The summed E-state index contributed by atoms with van der Waals surface area (Å²) in [5.74, 6) is 0.478. The monoisotopic (exact) mass is 388 g/mol. The number of hydrogen-bond acceptors (Lipinski definition) is 8. The van der Waals surface area contributed by atoms with E-state index < -0.39 is 4.92 Å². The van der Waals surface area contributed by atoms with Gasteiger partial charge in [-0.2, -0.15) is 0 Å². The molecule has 148 valence electrons. The molecular weight excluding hydrogens is 368 g/mol. The van der Waals surface area contributed by atoms with Gasteiger partial charge in [0.1, 0.15) is 28.6 Å². The van der Waals surface area contributed by atoms with E-state index in [1.54, 1.807) is 18.2 Å². The molecule has 0 radical (unpaired) electrons. The van der Waals surface area contributed by atoms with Crippen molar-refractivity contribution in [3.05, 3.63) is 58.2 Å². The largest absolute Gasteiger partial charge is 0.508 e. The molecule has 0 amide bonds. The Morgan fingerprint density at radius 2 is 2.00 bits per heavy atom. The number of aromatic hydroxyl groups is 2. The van der Waals surface area contributed by atoms with Gasteiger partial charge in [-0.3, -0.25) is 10.1 Å². The van der Waals surface area contributed by atoms with E-state index in [1.165, 1.54) is 36.4 Å². The third-order valence-corrected chi connectivity index (χ3v) is 4.05. The lowest BCUT2D eigenvalue weighted by Gasteiger charge is -2.18. The summed E-state index contributed by atoms with van der Waals surface area (Å²) in [6.45, 7) is 1.77. The highest BCUT2D eigenvalue weighted by molar-refractivity contribution is 5.73. The van der Waals surface area contributed by atoms with Gasteiger partial charge in [0.15, 0.2) is 5.76 Å². The summed E-state index contributed by atoms with van der Waals surface area (Å²) in [5, 5.41) is 32.7. The van der Waals surface area contributed by atoms with Gasteiger partial charge in [-0.15, -0.1) is 5.06 Å². The van der Waals surface area contributed by atoms with E-state index in [0.717, 1.165) is 6.42 Å². The normalized spacial score (nSPS) is 13.8. The maximum absolute atomic E-state index is 10.8. The highest BCUT2D eigenvalue weighted by atomic mass is 16.7. The summed E-state index contributed by atoms with van der Waals surface area (Å²) in [5.41, 5.74) is 0.213. The number of rotatable bonds is 8. The van der Waals surface area contributed by atoms with Gasteiger partial charge in [0.05, 0.1) is 11.5 Å². The Balaban J connectivity index is 1.81. The number of phenolic OH excluding ortho intramolecular Hbond substituents is 2.